The van der Waals surface area contributed by atoms with Gasteiger partial charge in [-0.2, -0.15) is 11.8 Å². The van der Waals surface area contributed by atoms with Gasteiger partial charge in [0.25, 0.3) is 0 Å². The van der Waals surface area contributed by atoms with E-state index in [0.29, 0.717) is 12.8 Å². The molecule has 2 heterocycles. The van der Waals surface area contributed by atoms with E-state index in [1.54, 1.807) is 0 Å². The molecule has 1 aliphatic rings. The molecule has 16 nitrogen and oxygen atoms in total. The SMILES string of the molecule is CCCCCCC(=O)N[C@H](CSC[C@@H](COC(=O)CCCCCC)OC(=O)CCCCCC)C(=O)Nc1cn(CC2OC(O)C(O)C(O)C2O)nn1. The number of nitrogens with one attached hydrogen (secondary N) is 2. The Morgan fingerprint density at radius 3 is 2.08 bits per heavy atom. The van der Waals surface area contributed by atoms with Crippen LogP contribution in [0.4, 0.5) is 5.82 Å². The van der Waals surface area contributed by atoms with E-state index in [1.807, 2.05) is 0 Å². The van der Waals surface area contributed by atoms with Crippen molar-refractivity contribution >= 4 is 41.3 Å². The van der Waals surface area contributed by atoms with E-state index in [-0.39, 0.29) is 67.6 Å². The summed E-state index contributed by atoms with van der Waals surface area (Å²) in [6, 6.07) is -1.00. The number of carbonyl (C=O) groups excluding carboxylic acids is 4. The summed E-state index contributed by atoms with van der Waals surface area (Å²) in [5.41, 5.74) is 0. The molecule has 0 radical (unpaired) electrons. The van der Waals surface area contributed by atoms with Crippen molar-refractivity contribution in [1.82, 2.24) is 20.3 Å². The fraction of sp³-hybridized carbons (Fsp3) is 0.829. The number of anilines is 1. The van der Waals surface area contributed by atoms with Crippen molar-refractivity contribution in [3.05, 3.63) is 6.20 Å². The van der Waals surface area contributed by atoms with Gasteiger partial charge in [-0.25, -0.2) is 4.68 Å². The molecule has 17 heteroatoms. The second-order valence-electron chi connectivity index (χ2n) is 13.2. The quantitative estimate of drug-likeness (QED) is 0.0560. The van der Waals surface area contributed by atoms with Crippen LogP contribution in [0.2, 0.25) is 0 Å². The first-order chi connectivity index (χ1) is 25.0. The number of unbranched alkanes of at least 4 members (excludes halogenated alkanes) is 9. The van der Waals surface area contributed by atoms with Gasteiger partial charge < -0.3 is 45.3 Å². The van der Waals surface area contributed by atoms with Crippen LogP contribution in [0.1, 0.15) is 117 Å². The fourth-order valence-electron chi connectivity index (χ4n) is 5.41. The van der Waals surface area contributed by atoms with Gasteiger partial charge in [0.15, 0.2) is 12.1 Å². The lowest BCUT2D eigenvalue weighted by molar-refractivity contribution is -0.284. The van der Waals surface area contributed by atoms with Crippen LogP contribution in [-0.4, -0.2) is 120 Å². The number of amides is 2. The van der Waals surface area contributed by atoms with Gasteiger partial charge >= 0.3 is 11.9 Å². The van der Waals surface area contributed by atoms with Gasteiger partial charge in [-0.05, 0) is 19.3 Å². The molecular weight excluding hydrogens is 698 g/mol. The third-order valence-electron chi connectivity index (χ3n) is 8.54. The van der Waals surface area contributed by atoms with Crippen molar-refractivity contribution < 1.29 is 53.8 Å². The minimum Gasteiger partial charge on any atom is -0.462 e. The highest BCUT2D eigenvalue weighted by Gasteiger charge is 2.43. The predicted octanol–water partition coefficient (Wildman–Crippen LogP) is 2.60. The van der Waals surface area contributed by atoms with E-state index < -0.39 is 48.8 Å². The largest absolute Gasteiger partial charge is 0.462 e. The van der Waals surface area contributed by atoms with Crippen LogP contribution in [0.25, 0.3) is 0 Å². The molecule has 1 aromatic rings. The van der Waals surface area contributed by atoms with Crippen molar-refractivity contribution in [1.29, 1.82) is 0 Å². The molecule has 1 fully saturated rings. The molecule has 5 unspecified atom stereocenters. The highest BCUT2D eigenvalue weighted by molar-refractivity contribution is 7.99. The molecule has 0 saturated carbocycles. The second-order valence-corrected chi connectivity index (χ2v) is 14.3. The number of carbonyl (C=O) groups is 4. The zero-order chi connectivity index (χ0) is 38.3. The number of nitrogens with zero attached hydrogens (tertiary/aromatic N) is 3. The van der Waals surface area contributed by atoms with Crippen molar-refractivity contribution in [3.8, 4) is 0 Å². The zero-order valence-corrected chi connectivity index (χ0v) is 31.8. The third kappa shape index (κ3) is 17.8. The molecule has 1 saturated heterocycles. The lowest BCUT2D eigenvalue weighted by Crippen LogP contribution is -2.58. The molecule has 6 N–H and O–H groups in total. The van der Waals surface area contributed by atoms with Crippen LogP contribution in [0.3, 0.4) is 0 Å². The highest BCUT2D eigenvalue weighted by Crippen LogP contribution is 2.21. The first-order valence-electron chi connectivity index (χ1n) is 18.8. The topological polar surface area (TPSA) is 232 Å². The number of aromatic nitrogens is 3. The zero-order valence-electron chi connectivity index (χ0n) is 31.0. The highest BCUT2D eigenvalue weighted by atomic mass is 32.2. The Kier molecular flexibility index (Phi) is 22.7. The Morgan fingerprint density at radius 2 is 1.44 bits per heavy atom. The Hall–Kier alpha value is -2.83. The summed E-state index contributed by atoms with van der Waals surface area (Å²) < 4.78 is 17.6. The second kappa shape index (κ2) is 26.0. The summed E-state index contributed by atoms with van der Waals surface area (Å²) in [4.78, 5) is 51.3. The monoisotopic (exact) mass is 759 g/mol. The molecule has 0 bridgehead atoms. The molecular formula is C35H61N5O11S. The summed E-state index contributed by atoms with van der Waals surface area (Å²) in [7, 11) is 0. The number of thioether (sulfide) groups is 1. The van der Waals surface area contributed by atoms with E-state index in [9.17, 15) is 39.6 Å². The van der Waals surface area contributed by atoms with E-state index in [2.05, 4.69) is 41.7 Å². The molecule has 2 amide bonds. The van der Waals surface area contributed by atoms with Crippen molar-refractivity contribution in [2.24, 2.45) is 0 Å². The summed E-state index contributed by atoms with van der Waals surface area (Å²) in [6.45, 7) is 5.96. The average molecular weight is 760 g/mol. The smallest absolute Gasteiger partial charge is 0.306 e. The van der Waals surface area contributed by atoms with Crippen LogP contribution in [0.5, 0.6) is 0 Å². The molecule has 0 aliphatic carbocycles. The van der Waals surface area contributed by atoms with Gasteiger partial charge in [-0.1, -0.05) is 83.8 Å². The number of hydrogen-bond acceptors (Lipinski definition) is 14. The minimum atomic E-state index is -1.72. The van der Waals surface area contributed by atoms with Gasteiger partial charge in [-0.15, -0.1) is 5.10 Å². The first-order valence-corrected chi connectivity index (χ1v) is 19.9. The first kappa shape index (κ1) is 45.3. The third-order valence-corrected chi connectivity index (χ3v) is 9.72. The fourth-order valence-corrected chi connectivity index (χ4v) is 6.45. The normalized spacial score (nSPS) is 21.2. The van der Waals surface area contributed by atoms with Crippen LogP contribution in [0.15, 0.2) is 6.20 Å². The van der Waals surface area contributed by atoms with Gasteiger partial charge in [-0.3, -0.25) is 19.2 Å². The summed E-state index contributed by atoms with van der Waals surface area (Å²) in [5, 5.41) is 53.0. The number of esters is 2. The maximum Gasteiger partial charge on any atom is 0.306 e. The number of hydrogen-bond donors (Lipinski definition) is 6. The Balaban J connectivity index is 2.06. The summed E-state index contributed by atoms with van der Waals surface area (Å²) in [6.07, 6.45) is 4.64. The van der Waals surface area contributed by atoms with E-state index in [1.165, 1.54) is 22.6 Å². The number of rotatable bonds is 27. The average Bonchev–Trinajstić information content (AvgIpc) is 3.56. The van der Waals surface area contributed by atoms with Gasteiger partial charge in [0.2, 0.25) is 11.8 Å². The Labute approximate surface area is 311 Å². The molecule has 0 spiro atoms. The standard InChI is InChI=1S/C35H61N5O11S/c1-4-7-10-13-16-28(41)36-25(34(47)37-27-20-40(39-38-27)19-26-31(44)32(45)33(46)35(48)51-26)23-52-22-24(50-30(43)18-15-12-9-6-3)21-49-29(42)17-14-11-8-5-2/h20,24-26,31-33,35,44-46,48H,4-19,21-23H2,1-3H3,(H,36,41)(H,37,47)/t24-,25-,26?,31?,32?,33?,35?/m1/s1. The lowest BCUT2D eigenvalue weighted by atomic mass is 9.99. The van der Waals surface area contributed by atoms with Crippen molar-refractivity contribution in [2.45, 2.75) is 166 Å². The molecule has 52 heavy (non-hydrogen) atoms. The van der Waals surface area contributed by atoms with Gasteiger partial charge in [0, 0.05) is 30.8 Å². The van der Waals surface area contributed by atoms with Crippen LogP contribution >= 0.6 is 11.8 Å². The van der Waals surface area contributed by atoms with Gasteiger partial charge in [0.1, 0.15) is 43.2 Å². The number of aliphatic hydroxyl groups excluding tert-OH is 4. The summed E-state index contributed by atoms with van der Waals surface area (Å²) >= 11 is 1.26. The van der Waals surface area contributed by atoms with Gasteiger partial charge in [0.05, 0.1) is 12.7 Å². The van der Waals surface area contributed by atoms with E-state index in [4.69, 9.17) is 14.2 Å². The maximum absolute atomic E-state index is 13.5. The molecule has 2 rings (SSSR count). The molecule has 7 atom stereocenters. The Bertz CT molecular complexity index is 1190. The molecule has 298 valence electrons. The molecule has 1 aromatic heterocycles. The van der Waals surface area contributed by atoms with E-state index in [0.717, 1.165) is 64.2 Å². The Morgan fingerprint density at radius 1 is 0.827 bits per heavy atom. The predicted molar refractivity (Wildman–Crippen MR) is 194 cm³/mol. The maximum atomic E-state index is 13.5. The number of aliphatic hydroxyl groups is 4. The van der Waals surface area contributed by atoms with Crippen molar-refractivity contribution in [3.63, 3.8) is 0 Å². The summed E-state index contributed by atoms with van der Waals surface area (Å²) in [5.74, 6) is -1.26. The number of ether oxygens (including phenoxy) is 3. The van der Waals surface area contributed by atoms with E-state index >= 15 is 0 Å². The van der Waals surface area contributed by atoms with Crippen LogP contribution < -0.4 is 10.6 Å². The lowest BCUT2D eigenvalue weighted by Gasteiger charge is -2.38. The minimum absolute atomic E-state index is 0.0318. The van der Waals surface area contributed by atoms with Crippen LogP contribution in [0, 0.1) is 0 Å². The molecule has 1 aliphatic heterocycles. The molecule has 0 aromatic carbocycles. The van der Waals surface area contributed by atoms with Crippen LogP contribution in [-0.2, 0) is 39.9 Å². The van der Waals surface area contributed by atoms with Crippen molar-refractivity contribution in [2.75, 3.05) is 23.4 Å².